The Morgan fingerprint density at radius 3 is 2.55 bits per heavy atom. The highest BCUT2D eigenvalue weighted by molar-refractivity contribution is 7.98. The van der Waals surface area contributed by atoms with E-state index in [1.165, 1.54) is 23.3 Å². The van der Waals surface area contributed by atoms with Gasteiger partial charge in [0.25, 0.3) is 5.91 Å². The Kier molecular flexibility index (Phi) is 4.50. The van der Waals surface area contributed by atoms with Gasteiger partial charge in [-0.3, -0.25) is 10.1 Å². The van der Waals surface area contributed by atoms with Gasteiger partial charge < -0.3 is 0 Å². The second-order valence-electron chi connectivity index (χ2n) is 4.45. The number of carbonyl (C=O) groups excluding carboxylic acids is 1. The van der Waals surface area contributed by atoms with E-state index in [1.54, 1.807) is 0 Å². The lowest BCUT2D eigenvalue weighted by molar-refractivity contribution is 0.102. The zero-order valence-corrected chi connectivity index (χ0v) is 13.4. The van der Waals surface area contributed by atoms with Crippen LogP contribution in [0.25, 0.3) is 11.1 Å². The quantitative estimate of drug-likeness (QED) is 0.730. The van der Waals surface area contributed by atoms with Crippen LogP contribution in [0.3, 0.4) is 0 Å². The molecule has 110 valence electrons. The van der Waals surface area contributed by atoms with Gasteiger partial charge in [-0.1, -0.05) is 60.3 Å². The molecular formula is C16H13N3OS2. The van der Waals surface area contributed by atoms with Crippen LogP contribution in [0.5, 0.6) is 0 Å². The molecular weight excluding hydrogens is 314 g/mol. The van der Waals surface area contributed by atoms with E-state index in [1.807, 2.05) is 60.9 Å². The van der Waals surface area contributed by atoms with E-state index in [0.717, 1.165) is 11.1 Å². The van der Waals surface area contributed by atoms with Crippen molar-refractivity contribution in [1.29, 1.82) is 0 Å². The van der Waals surface area contributed by atoms with E-state index in [-0.39, 0.29) is 5.91 Å². The summed E-state index contributed by atoms with van der Waals surface area (Å²) in [4.78, 5) is 16.8. The topological polar surface area (TPSA) is 54.9 Å². The van der Waals surface area contributed by atoms with E-state index in [2.05, 4.69) is 14.7 Å². The number of anilines is 1. The van der Waals surface area contributed by atoms with Crippen molar-refractivity contribution in [3.63, 3.8) is 0 Å². The first kappa shape index (κ1) is 14.7. The van der Waals surface area contributed by atoms with Crippen LogP contribution in [0.1, 0.15) is 10.4 Å². The lowest BCUT2D eigenvalue weighted by atomic mass is 9.99. The van der Waals surface area contributed by atoms with E-state index in [4.69, 9.17) is 0 Å². The van der Waals surface area contributed by atoms with E-state index >= 15 is 0 Å². The van der Waals surface area contributed by atoms with E-state index in [9.17, 15) is 4.79 Å². The Hall–Kier alpha value is -2.18. The summed E-state index contributed by atoms with van der Waals surface area (Å²) in [5.41, 5.74) is 2.53. The number of nitrogens with one attached hydrogen (secondary N) is 1. The van der Waals surface area contributed by atoms with Crippen molar-refractivity contribution in [2.45, 2.75) is 5.16 Å². The summed E-state index contributed by atoms with van der Waals surface area (Å²) in [6.45, 7) is 0. The van der Waals surface area contributed by atoms with Crippen molar-refractivity contribution in [3.05, 3.63) is 60.2 Å². The smallest absolute Gasteiger partial charge is 0.258 e. The Morgan fingerprint density at radius 1 is 1.09 bits per heavy atom. The molecule has 1 aromatic heterocycles. The lowest BCUT2D eigenvalue weighted by Crippen LogP contribution is -2.12. The standard InChI is InChI=1S/C16H13N3OS2/c1-21-16-18-15(22-19-16)17-14(20)13-10-6-5-9-12(13)11-7-3-2-4-8-11/h2-10H,1H3,(H,17,18,19,20). The number of carbonyl (C=O) groups is 1. The first-order valence-corrected chi connectivity index (χ1v) is 8.61. The molecule has 0 aliphatic heterocycles. The Labute approximate surface area is 136 Å². The van der Waals surface area contributed by atoms with Crippen LogP contribution in [0.15, 0.2) is 59.8 Å². The molecule has 3 aromatic rings. The Morgan fingerprint density at radius 2 is 1.82 bits per heavy atom. The minimum atomic E-state index is -0.178. The number of benzene rings is 2. The number of amides is 1. The SMILES string of the molecule is CSc1nsc(NC(=O)c2ccccc2-c2ccccc2)n1. The van der Waals surface area contributed by atoms with Crippen LogP contribution in [0.2, 0.25) is 0 Å². The predicted molar refractivity (Wildman–Crippen MR) is 91.5 cm³/mol. The van der Waals surface area contributed by atoms with E-state index in [0.29, 0.717) is 15.9 Å². The molecule has 0 saturated heterocycles. The molecule has 0 aliphatic carbocycles. The van der Waals surface area contributed by atoms with Crippen molar-refractivity contribution in [2.75, 3.05) is 11.6 Å². The molecule has 3 rings (SSSR count). The lowest BCUT2D eigenvalue weighted by Gasteiger charge is -2.08. The minimum absolute atomic E-state index is 0.178. The highest BCUT2D eigenvalue weighted by Gasteiger charge is 2.14. The van der Waals surface area contributed by atoms with Crippen LogP contribution in [0, 0.1) is 0 Å². The van der Waals surface area contributed by atoms with Gasteiger partial charge in [-0.15, -0.1) is 0 Å². The van der Waals surface area contributed by atoms with Gasteiger partial charge in [0.05, 0.1) is 0 Å². The van der Waals surface area contributed by atoms with Gasteiger partial charge in [0.2, 0.25) is 10.3 Å². The highest BCUT2D eigenvalue weighted by Crippen LogP contribution is 2.25. The largest absolute Gasteiger partial charge is 0.297 e. The first-order valence-electron chi connectivity index (χ1n) is 6.61. The van der Waals surface area contributed by atoms with Gasteiger partial charge in [-0.25, -0.2) is 0 Å². The molecule has 1 heterocycles. The maximum Gasteiger partial charge on any atom is 0.258 e. The van der Waals surface area contributed by atoms with Crippen LogP contribution in [-0.2, 0) is 0 Å². The molecule has 2 aromatic carbocycles. The Balaban J connectivity index is 1.90. The fourth-order valence-corrected chi connectivity index (χ4v) is 3.18. The average Bonchev–Trinajstić information content (AvgIpc) is 3.03. The molecule has 0 unspecified atom stereocenters. The number of thioether (sulfide) groups is 1. The molecule has 0 spiro atoms. The number of aromatic nitrogens is 2. The van der Waals surface area contributed by atoms with Crippen LogP contribution in [0.4, 0.5) is 5.13 Å². The average molecular weight is 327 g/mol. The number of nitrogens with zero attached hydrogens (tertiary/aromatic N) is 2. The van der Waals surface area contributed by atoms with Gasteiger partial charge in [0.15, 0.2) is 0 Å². The monoisotopic (exact) mass is 327 g/mol. The summed E-state index contributed by atoms with van der Waals surface area (Å²) < 4.78 is 4.14. The third-order valence-electron chi connectivity index (χ3n) is 3.07. The zero-order valence-electron chi connectivity index (χ0n) is 11.8. The van der Waals surface area contributed by atoms with Gasteiger partial charge in [-0.05, 0) is 23.4 Å². The summed E-state index contributed by atoms with van der Waals surface area (Å²) in [5, 5.41) is 3.99. The van der Waals surface area contributed by atoms with Gasteiger partial charge in [0.1, 0.15) is 0 Å². The van der Waals surface area contributed by atoms with Crippen molar-refractivity contribution in [1.82, 2.24) is 9.36 Å². The molecule has 6 heteroatoms. The molecule has 0 aliphatic rings. The molecule has 0 saturated carbocycles. The van der Waals surface area contributed by atoms with E-state index < -0.39 is 0 Å². The van der Waals surface area contributed by atoms with Crippen molar-refractivity contribution < 1.29 is 4.79 Å². The second kappa shape index (κ2) is 6.72. The number of hydrogen-bond acceptors (Lipinski definition) is 5. The van der Waals surface area contributed by atoms with Gasteiger partial charge >= 0.3 is 0 Å². The van der Waals surface area contributed by atoms with Gasteiger partial charge in [-0.2, -0.15) is 9.36 Å². The molecule has 0 bridgehead atoms. The van der Waals surface area contributed by atoms with Crippen LogP contribution < -0.4 is 5.32 Å². The third-order valence-corrected chi connectivity index (χ3v) is 4.36. The summed E-state index contributed by atoms with van der Waals surface area (Å²) in [5.74, 6) is -0.178. The van der Waals surface area contributed by atoms with Crippen molar-refractivity contribution in [2.24, 2.45) is 0 Å². The molecule has 1 N–H and O–H groups in total. The zero-order chi connectivity index (χ0) is 15.4. The van der Waals surface area contributed by atoms with Crippen LogP contribution in [-0.4, -0.2) is 21.5 Å². The predicted octanol–water partition coefficient (Wildman–Crippen LogP) is 4.18. The molecule has 1 amide bonds. The summed E-state index contributed by atoms with van der Waals surface area (Å²) in [6.07, 6.45) is 1.90. The fourth-order valence-electron chi connectivity index (χ4n) is 2.06. The molecule has 22 heavy (non-hydrogen) atoms. The normalized spacial score (nSPS) is 10.4. The highest BCUT2D eigenvalue weighted by atomic mass is 32.2. The van der Waals surface area contributed by atoms with Crippen molar-refractivity contribution in [3.8, 4) is 11.1 Å². The Bertz CT molecular complexity index is 787. The molecule has 0 atom stereocenters. The molecule has 0 fully saturated rings. The summed E-state index contributed by atoms with van der Waals surface area (Å²) in [7, 11) is 0. The third kappa shape index (κ3) is 3.18. The molecule has 4 nitrogen and oxygen atoms in total. The van der Waals surface area contributed by atoms with Crippen LogP contribution >= 0.6 is 23.3 Å². The minimum Gasteiger partial charge on any atom is -0.297 e. The fraction of sp³-hybridized carbons (Fsp3) is 0.0625. The number of hydrogen-bond donors (Lipinski definition) is 1. The first-order chi connectivity index (χ1) is 10.8. The molecule has 0 radical (unpaired) electrons. The summed E-state index contributed by atoms with van der Waals surface area (Å²) in [6, 6.07) is 17.4. The maximum absolute atomic E-state index is 12.5. The number of rotatable bonds is 4. The van der Waals surface area contributed by atoms with Gasteiger partial charge in [0, 0.05) is 17.1 Å². The second-order valence-corrected chi connectivity index (χ2v) is 5.98. The maximum atomic E-state index is 12.5. The summed E-state index contributed by atoms with van der Waals surface area (Å²) >= 11 is 2.63. The van der Waals surface area contributed by atoms with Crippen molar-refractivity contribution >= 4 is 34.3 Å².